The molecule has 1 heterocycles. The molecule has 0 saturated heterocycles. The number of aliphatic hydroxyl groups is 1. The predicted molar refractivity (Wildman–Crippen MR) is 58.2 cm³/mol. The standard InChI is InChI=1S/C10H14N4O/c11-6-8-5-9(12)10(14-7-8)13-3-1-2-4-15/h5,7,15H,1-4,12H2,(H,13,14). The lowest BCUT2D eigenvalue weighted by Gasteiger charge is -2.07. The average Bonchev–Trinajstić information content (AvgIpc) is 2.26. The molecule has 1 aromatic heterocycles. The highest BCUT2D eigenvalue weighted by Gasteiger charge is 2.00. The third-order valence-electron chi connectivity index (χ3n) is 1.92. The van der Waals surface area contributed by atoms with E-state index in [4.69, 9.17) is 16.1 Å². The van der Waals surface area contributed by atoms with Crippen LogP contribution in [0.3, 0.4) is 0 Å². The first-order chi connectivity index (χ1) is 7.27. The number of nitriles is 1. The molecule has 5 heteroatoms. The number of nitrogens with one attached hydrogen (secondary N) is 1. The zero-order valence-electron chi connectivity index (χ0n) is 8.40. The first kappa shape index (κ1) is 11.3. The number of hydrogen-bond acceptors (Lipinski definition) is 5. The van der Waals surface area contributed by atoms with Crippen LogP contribution in [0.15, 0.2) is 12.3 Å². The summed E-state index contributed by atoms with van der Waals surface area (Å²) >= 11 is 0. The summed E-state index contributed by atoms with van der Waals surface area (Å²) in [6.07, 6.45) is 3.09. The largest absolute Gasteiger partial charge is 0.396 e. The molecule has 1 aromatic rings. The Morgan fingerprint density at radius 3 is 2.93 bits per heavy atom. The van der Waals surface area contributed by atoms with Crippen LogP contribution >= 0.6 is 0 Å². The minimum Gasteiger partial charge on any atom is -0.396 e. The lowest BCUT2D eigenvalue weighted by Crippen LogP contribution is -2.06. The fourth-order valence-corrected chi connectivity index (χ4v) is 1.13. The maximum Gasteiger partial charge on any atom is 0.149 e. The van der Waals surface area contributed by atoms with Gasteiger partial charge in [-0.3, -0.25) is 0 Å². The van der Waals surface area contributed by atoms with E-state index in [2.05, 4.69) is 10.3 Å². The molecule has 4 N–H and O–H groups in total. The Labute approximate surface area is 88.6 Å². The van der Waals surface area contributed by atoms with Crippen molar-refractivity contribution >= 4 is 11.5 Å². The van der Waals surface area contributed by atoms with Crippen molar-refractivity contribution in [2.75, 3.05) is 24.2 Å². The average molecular weight is 206 g/mol. The molecule has 0 unspecified atom stereocenters. The lowest BCUT2D eigenvalue weighted by atomic mass is 10.2. The first-order valence-corrected chi connectivity index (χ1v) is 4.78. The fraction of sp³-hybridized carbons (Fsp3) is 0.400. The van der Waals surface area contributed by atoms with Crippen molar-refractivity contribution in [2.24, 2.45) is 0 Å². The van der Waals surface area contributed by atoms with E-state index in [1.165, 1.54) is 6.20 Å². The summed E-state index contributed by atoms with van der Waals surface area (Å²) in [6.45, 7) is 0.904. The van der Waals surface area contributed by atoms with Crippen LogP contribution < -0.4 is 11.1 Å². The second-order valence-corrected chi connectivity index (χ2v) is 3.13. The molecule has 0 atom stereocenters. The van der Waals surface area contributed by atoms with Gasteiger partial charge >= 0.3 is 0 Å². The zero-order chi connectivity index (χ0) is 11.1. The number of nitrogen functional groups attached to an aromatic ring is 1. The second kappa shape index (κ2) is 5.83. The van der Waals surface area contributed by atoms with Gasteiger partial charge in [-0.2, -0.15) is 5.26 Å². The highest BCUT2D eigenvalue weighted by molar-refractivity contribution is 5.62. The van der Waals surface area contributed by atoms with Crippen molar-refractivity contribution in [3.63, 3.8) is 0 Å². The van der Waals surface area contributed by atoms with Gasteiger partial charge in [-0.1, -0.05) is 0 Å². The van der Waals surface area contributed by atoms with Gasteiger partial charge in [0.25, 0.3) is 0 Å². The first-order valence-electron chi connectivity index (χ1n) is 4.78. The SMILES string of the molecule is N#Cc1cnc(NCCCCO)c(N)c1. The molecule has 0 fully saturated rings. The number of nitrogens with two attached hydrogens (primary N) is 1. The van der Waals surface area contributed by atoms with Crippen LogP contribution in [-0.4, -0.2) is 23.2 Å². The summed E-state index contributed by atoms with van der Waals surface area (Å²) in [5.41, 5.74) is 6.61. The second-order valence-electron chi connectivity index (χ2n) is 3.13. The summed E-state index contributed by atoms with van der Waals surface area (Å²) in [5, 5.41) is 20.2. The molecular weight excluding hydrogens is 192 g/mol. The number of aromatic nitrogens is 1. The quantitative estimate of drug-likeness (QED) is 0.617. The van der Waals surface area contributed by atoms with Gasteiger partial charge in [0.2, 0.25) is 0 Å². The van der Waals surface area contributed by atoms with E-state index in [9.17, 15) is 0 Å². The van der Waals surface area contributed by atoms with E-state index in [0.29, 0.717) is 23.6 Å². The van der Waals surface area contributed by atoms with Crippen LogP contribution in [0.1, 0.15) is 18.4 Å². The molecular formula is C10H14N4O. The van der Waals surface area contributed by atoms with Crippen molar-refractivity contribution < 1.29 is 5.11 Å². The number of unbranched alkanes of at least 4 members (excludes halogenated alkanes) is 1. The van der Waals surface area contributed by atoms with Crippen molar-refractivity contribution in [1.29, 1.82) is 5.26 Å². The molecule has 1 rings (SSSR count). The molecule has 5 nitrogen and oxygen atoms in total. The smallest absolute Gasteiger partial charge is 0.149 e. The van der Waals surface area contributed by atoms with E-state index >= 15 is 0 Å². The van der Waals surface area contributed by atoms with Crippen LogP contribution in [0.4, 0.5) is 11.5 Å². The molecule has 0 aliphatic heterocycles. The summed E-state index contributed by atoms with van der Waals surface area (Å²) in [7, 11) is 0. The number of anilines is 2. The Bertz CT molecular complexity index is 359. The highest BCUT2D eigenvalue weighted by atomic mass is 16.2. The maximum absolute atomic E-state index is 8.61. The van der Waals surface area contributed by atoms with Crippen LogP contribution in [0, 0.1) is 11.3 Å². The minimum atomic E-state index is 0.192. The Kier molecular flexibility index (Phi) is 4.38. The summed E-state index contributed by atoms with van der Waals surface area (Å²) in [4.78, 5) is 4.03. The normalized spacial score (nSPS) is 9.60. The number of nitrogens with zero attached hydrogens (tertiary/aromatic N) is 2. The molecule has 0 spiro atoms. The molecule has 0 aliphatic rings. The number of rotatable bonds is 5. The molecule has 0 amide bonds. The summed E-state index contributed by atoms with van der Waals surface area (Å²) < 4.78 is 0. The fourth-order valence-electron chi connectivity index (χ4n) is 1.13. The van der Waals surface area contributed by atoms with Gasteiger partial charge < -0.3 is 16.2 Å². The Morgan fingerprint density at radius 1 is 1.53 bits per heavy atom. The Morgan fingerprint density at radius 2 is 2.33 bits per heavy atom. The number of hydrogen-bond donors (Lipinski definition) is 3. The highest BCUT2D eigenvalue weighted by Crippen LogP contribution is 2.15. The maximum atomic E-state index is 8.61. The summed E-state index contributed by atoms with van der Waals surface area (Å²) in [6, 6.07) is 3.55. The van der Waals surface area contributed by atoms with Gasteiger partial charge in [0.05, 0.1) is 11.3 Å². The third-order valence-corrected chi connectivity index (χ3v) is 1.92. The molecule has 0 saturated carbocycles. The van der Waals surface area contributed by atoms with E-state index < -0.39 is 0 Å². The van der Waals surface area contributed by atoms with Gasteiger partial charge in [-0.25, -0.2) is 4.98 Å². The van der Waals surface area contributed by atoms with Crippen LogP contribution in [0.2, 0.25) is 0 Å². The van der Waals surface area contributed by atoms with Gasteiger partial charge in [-0.15, -0.1) is 0 Å². The van der Waals surface area contributed by atoms with Gasteiger partial charge in [0.1, 0.15) is 11.9 Å². The van der Waals surface area contributed by atoms with Crippen LogP contribution in [-0.2, 0) is 0 Å². The monoisotopic (exact) mass is 206 g/mol. The van der Waals surface area contributed by atoms with E-state index in [0.717, 1.165) is 12.8 Å². The van der Waals surface area contributed by atoms with Gasteiger partial charge in [-0.05, 0) is 18.9 Å². The molecule has 80 valence electrons. The topological polar surface area (TPSA) is 95.0 Å². The van der Waals surface area contributed by atoms with E-state index in [1.807, 2.05) is 6.07 Å². The Balaban J connectivity index is 2.52. The van der Waals surface area contributed by atoms with Crippen molar-refractivity contribution in [3.05, 3.63) is 17.8 Å². The lowest BCUT2D eigenvalue weighted by molar-refractivity contribution is 0.286. The predicted octanol–water partition coefficient (Wildman–Crippen LogP) is 0.720. The van der Waals surface area contributed by atoms with E-state index in [1.54, 1.807) is 6.07 Å². The third kappa shape index (κ3) is 3.44. The number of aliphatic hydroxyl groups excluding tert-OH is 1. The minimum absolute atomic E-state index is 0.192. The van der Waals surface area contributed by atoms with Gasteiger partial charge in [0, 0.05) is 19.3 Å². The van der Waals surface area contributed by atoms with Crippen molar-refractivity contribution in [3.8, 4) is 6.07 Å². The van der Waals surface area contributed by atoms with Crippen LogP contribution in [0.5, 0.6) is 0 Å². The zero-order valence-corrected chi connectivity index (χ0v) is 8.40. The molecule has 0 radical (unpaired) electrons. The summed E-state index contributed by atoms with van der Waals surface area (Å²) in [5.74, 6) is 0.590. The van der Waals surface area contributed by atoms with Gasteiger partial charge in [0.15, 0.2) is 0 Å². The molecule has 15 heavy (non-hydrogen) atoms. The van der Waals surface area contributed by atoms with Crippen molar-refractivity contribution in [1.82, 2.24) is 4.98 Å². The molecule has 0 aromatic carbocycles. The van der Waals surface area contributed by atoms with Crippen molar-refractivity contribution in [2.45, 2.75) is 12.8 Å². The Hall–Kier alpha value is -1.80. The molecule has 0 aliphatic carbocycles. The number of pyridine rings is 1. The van der Waals surface area contributed by atoms with Crippen LogP contribution in [0.25, 0.3) is 0 Å². The van der Waals surface area contributed by atoms with E-state index in [-0.39, 0.29) is 6.61 Å². The molecule has 0 bridgehead atoms.